The Morgan fingerprint density at radius 1 is 1.14 bits per heavy atom. The number of carbonyl (C=O) groups is 2. The van der Waals surface area contributed by atoms with Gasteiger partial charge in [-0.2, -0.15) is 15.0 Å². The summed E-state index contributed by atoms with van der Waals surface area (Å²) in [7, 11) is 3.73. The normalized spacial score (nSPS) is 19.9. The molecule has 2 saturated carbocycles. The molecule has 3 N–H and O–H groups in total. The quantitative estimate of drug-likeness (QED) is 0.474. The number of nitrogens with one attached hydrogen (secondary N) is 3. The molecule has 0 unspecified atom stereocenters. The van der Waals surface area contributed by atoms with E-state index in [0.29, 0.717) is 11.7 Å². The zero-order chi connectivity index (χ0) is 27.6. The van der Waals surface area contributed by atoms with Crippen LogP contribution in [0.3, 0.4) is 0 Å². The Bertz CT molecular complexity index is 1500. The first-order chi connectivity index (χ1) is 18.5. The topological polar surface area (TPSA) is 143 Å². The number of amides is 2. The van der Waals surface area contributed by atoms with Crippen molar-refractivity contribution in [2.45, 2.75) is 44.6 Å². The minimum atomic E-state index is -2.73. The van der Waals surface area contributed by atoms with Crippen LogP contribution < -0.4 is 20.9 Å². The molecule has 0 aromatic carbocycles. The molecular weight excluding hydrogens is 460 g/mol. The van der Waals surface area contributed by atoms with Crippen LogP contribution in [-0.2, 0) is 11.8 Å². The van der Waals surface area contributed by atoms with Crippen molar-refractivity contribution in [3.8, 4) is 11.3 Å². The minimum Gasteiger partial charge on any atom is -0.363 e. The highest BCUT2D eigenvalue weighted by Crippen LogP contribution is 2.53. The maximum atomic E-state index is 12.9. The van der Waals surface area contributed by atoms with Crippen molar-refractivity contribution >= 4 is 34.8 Å². The van der Waals surface area contributed by atoms with Gasteiger partial charge in [0.2, 0.25) is 5.91 Å². The van der Waals surface area contributed by atoms with Crippen LogP contribution in [0.5, 0.6) is 0 Å². The van der Waals surface area contributed by atoms with Crippen molar-refractivity contribution in [1.82, 2.24) is 35.5 Å². The summed E-state index contributed by atoms with van der Waals surface area (Å²) in [4.78, 5) is 33.6. The molecule has 1 atom stereocenters. The number of hydrogen-bond acceptors (Lipinski definition) is 9. The lowest BCUT2D eigenvalue weighted by Gasteiger charge is -2.34. The predicted molar refractivity (Wildman–Crippen MR) is 133 cm³/mol. The first kappa shape index (κ1) is 19.1. The summed E-state index contributed by atoms with van der Waals surface area (Å²) in [6, 6.07) is 1.35. The van der Waals surface area contributed by atoms with E-state index in [4.69, 9.17) is 9.10 Å². The van der Waals surface area contributed by atoms with Gasteiger partial charge in [0.15, 0.2) is 17.3 Å². The molecule has 3 aliphatic rings. The van der Waals surface area contributed by atoms with Gasteiger partial charge in [0.05, 0.1) is 17.4 Å². The van der Waals surface area contributed by atoms with E-state index in [1.165, 1.54) is 6.07 Å². The fraction of sp³-hybridized carbons (Fsp3) is 0.458. The van der Waals surface area contributed by atoms with Gasteiger partial charge in [-0.1, -0.05) is 0 Å². The smallest absolute Gasteiger partial charge is 0.273 e. The molecule has 1 aliphatic heterocycles. The Hall–Kier alpha value is -4.09. The number of nitrogens with zero attached hydrogens (tertiary/aromatic N) is 7. The summed E-state index contributed by atoms with van der Waals surface area (Å²) in [5, 5.41) is 25.1. The number of carbonyl (C=O) groups excluding carboxylic acids is 2. The molecular formula is C24H28N10O2. The van der Waals surface area contributed by atoms with E-state index in [1.807, 2.05) is 25.5 Å². The van der Waals surface area contributed by atoms with Gasteiger partial charge in [-0.25, -0.2) is 4.98 Å². The zero-order valence-corrected chi connectivity index (χ0v) is 20.2. The maximum Gasteiger partial charge on any atom is 0.273 e. The number of hydrogen-bond donors (Lipinski definition) is 3. The first-order valence-corrected chi connectivity index (χ1v) is 12.0. The molecule has 0 bridgehead atoms. The van der Waals surface area contributed by atoms with E-state index in [2.05, 4.69) is 35.9 Å². The standard InChI is InChI=1S/C24H28N10O2/c1-11-18-20(32-34(4)31-18)17-14(12-5-6-12)10-26-22(21(17)33(11)3)27-15-9-16(28-23(35)13-7-8-13)29-30-19(15)24(36)25-2/h9-13H,5-8H2,1-4H3,(H,25,36)(H2,26,27,28,29,35)/t11-/m1/s1/i2D3. The maximum absolute atomic E-state index is 12.9. The van der Waals surface area contributed by atoms with Crippen molar-refractivity contribution in [2.75, 3.05) is 29.6 Å². The SMILES string of the molecule is [2H]C([2H])([2H])NC(=O)c1nnc(NC(=O)C2CC2)cc1Nc1ncc(C2CC2)c2c1N(C)[C@H](C)c1nn(C)nc1-2. The molecule has 2 fully saturated rings. The lowest BCUT2D eigenvalue weighted by atomic mass is 9.93. The second-order valence-electron chi connectivity index (χ2n) is 9.60. The van der Waals surface area contributed by atoms with Crippen LogP contribution in [-0.4, -0.2) is 56.0 Å². The monoisotopic (exact) mass is 491 g/mol. The van der Waals surface area contributed by atoms with Crippen molar-refractivity contribution in [3.05, 3.63) is 29.2 Å². The van der Waals surface area contributed by atoms with Gasteiger partial charge in [-0.15, -0.1) is 10.2 Å². The largest absolute Gasteiger partial charge is 0.363 e. The minimum absolute atomic E-state index is 0.0679. The molecule has 12 heteroatoms. The van der Waals surface area contributed by atoms with Crippen LogP contribution in [0.25, 0.3) is 11.3 Å². The number of fused-ring (bicyclic) bond motifs is 3. The molecule has 3 aromatic rings. The number of anilines is 4. The van der Waals surface area contributed by atoms with Crippen molar-refractivity contribution in [1.29, 1.82) is 0 Å². The van der Waals surface area contributed by atoms with Crippen molar-refractivity contribution in [3.63, 3.8) is 0 Å². The van der Waals surface area contributed by atoms with Crippen LogP contribution in [0.4, 0.5) is 23.0 Å². The first-order valence-electron chi connectivity index (χ1n) is 13.5. The van der Waals surface area contributed by atoms with Crippen LogP contribution >= 0.6 is 0 Å². The van der Waals surface area contributed by atoms with E-state index in [9.17, 15) is 9.59 Å². The van der Waals surface area contributed by atoms with E-state index in [1.54, 1.807) is 11.8 Å². The molecule has 186 valence electrons. The number of rotatable bonds is 6. The van der Waals surface area contributed by atoms with E-state index >= 15 is 0 Å². The number of pyridine rings is 1. The van der Waals surface area contributed by atoms with Gasteiger partial charge in [-0.3, -0.25) is 9.59 Å². The molecule has 3 aromatic heterocycles. The third-order valence-electron chi connectivity index (χ3n) is 6.98. The van der Waals surface area contributed by atoms with Crippen molar-refractivity contribution in [2.24, 2.45) is 13.0 Å². The van der Waals surface area contributed by atoms with Gasteiger partial charge in [0, 0.05) is 48.9 Å². The second-order valence-corrected chi connectivity index (χ2v) is 9.60. The third kappa shape index (κ3) is 3.73. The van der Waals surface area contributed by atoms with Gasteiger partial charge < -0.3 is 20.9 Å². The molecule has 0 saturated heterocycles. The van der Waals surface area contributed by atoms with Gasteiger partial charge in [-0.05, 0) is 44.1 Å². The molecule has 2 aliphatic carbocycles. The Labute approximate surface area is 212 Å². The highest BCUT2D eigenvalue weighted by Gasteiger charge is 2.38. The van der Waals surface area contributed by atoms with Crippen LogP contribution in [0, 0.1) is 5.92 Å². The van der Waals surface area contributed by atoms with E-state index < -0.39 is 12.9 Å². The van der Waals surface area contributed by atoms with Crippen LogP contribution in [0.1, 0.15) is 70.4 Å². The summed E-state index contributed by atoms with van der Waals surface area (Å²) >= 11 is 0. The van der Waals surface area contributed by atoms with E-state index in [-0.39, 0.29) is 35.1 Å². The molecule has 36 heavy (non-hydrogen) atoms. The van der Waals surface area contributed by atoms with Crippen LogP contribution in [0.15, 0.2) is 12.3 Å². The average Bonchev–Trinajstić information content (AvgIpc) is 3.78. The number of aromatic nitrogens is 6. The fourth-order valence-electron chi connectivity index (χ4n) is 4.64. The molecule has 4 heterocycles. The highest BCUT2D eigenvalue weighted by molar-refractivity contribution is 6.01. The Morgan fingerprint density at radius 2 is 1.94 bits per heavy atom. The van der Waals surface area contributed by atoms with Crippen LogP contribution in [0.2, 0.25) is 0 Å². The molecule has 6 rings (SSSR count). The lowest BCUT2D eigenvalue weighted by Crippen LogP contribution is -2.28. The van der Waals surface area contributed by atoms with Crippen molar-refractivity contribution < 1.29 is 13.7 Å². The predicted octanol–water partition coefficient (Wildman–Crippen LogP) is 2.51. The molecule has 0 spiro atoms. The summed E-state index contributed by atoms with van der Waals surface area (Å²) in [5.74, 6) is -0.239. The Balaban J connectivity index is 1.45. The van der Waals surface area contributed by atoms with E-state index in [0.717, 1.165) is 53.9 Å². The Morgan fingerprint density at radius 3 is 2.67 bits per heavy atom. The molecule has 12 nitrogen and oxygen atoms in total. The van der Waals surface area contributed by atoms with Gasteiger partial charge in [0.1, 0.15) is 11.4 Å². The third-order valence-corrected chi connectivity index (χ3v) is 6.98. The lowest BCUT2D eigenvalue weighted by molar-refractivity contribution is -0.117. The fourth-order valence-corrected chi connectivity index (χ4v) is 4.64. The average molecular weight is 492 g/mol. The number of aryl methyl sites for hydroxylation is 1. The Kier molecular flexibility index (Phi) is 4.38. The highest BCUT2D eigenvalue weighted by atomic mass is 16.2. The second kappa shape index (κ2) is 8.25. The zero-order valence-electron chi connectivity index (χ0n) is 23.2. The van der Waals surface area contributed by atoms with Gasteiger partial charge in [0.25, 0.3) is 5.91 Å². The van der Waals surface area contributed by atoms with Gasteiger partial charge >= 0.3 is 0 Å². The molecule has 0 radical (unpaired) electrons. The summed E-state index contributed by atoms with van der Waals surface area (Å²) < 4.78 is 22.3. The summed E-state index contributed by atoms with van der Waals surface area (Å²) in [5.41, 5.74) is 4.35. The summed E-state index contributed by atoms with van der Waals surface area (Å²) in [6.45, 7) is -0.699. The molecule has 2 amide bonds. The summed E-state index contributed by atoms with van der Waals surface area (Å²) in [6.07, 6.45) is 5.55.